The minimum absolute atomic E-state index is 0.238. The fraction of sp³-hybridized carbons (Fsp3) is 0.333. The Hall–Kier alpha value is -1.14. The lowest BCUT2D eigenvalue weighted by Crippen LogP contribution is -2.43. The summed E-state index contributed by atoms with van der Waals surface area (Å²) < 4.78 is 0.854. The fourth-order valence-electron chi connectivity index (χ4n) is 1.32. The molecule has 0 saturated carbocycles. The highest BCUT2D eigenvalue weighted by Gasteiger charge is 2.15. The first-order chi connectivity index (χ1) is 8.19. The number of carbonyl (C=O) groups is 1. The van der Waals surface area contributed by atoms with E-state index in [1.165, 1.54) is 0 Å². The summed E-state index contributed by atoms with van der Waals surface area (Å²) in [6, 6.07) is 5.05. The number of carbonyl (C=O) groups excluding carboxylic acids is 1. The molecular formula is C12H16BrN3OS. The number of hydrogen-bond donors (Lipinski definition) is 3. The topological polar surface area (TPSA) is 67.2 Å². The lowest BCUT2D eigenvalue weighted by Gasteiger charge is -2.21. The maximum Gasteiger partial charge on any atom is 0.319 e. The third-order valence-electron chi connectivity index (χ3n) is 1.98. The molecule has 0 spiro atoms. The lowest BCUT2D eigenvalue weighted by molar-refractivity contribution is 0.244. The highest BCUT2D eigenvalue weighted by molar-refractivity contribution is 9.10. The molecule has 0 saturated heterocycles. The van der Waals surface area contributed by atoms with Crippen LogP contribution >= 0.6 is 28.1 Å². The summed E-state index contributed by atoms with van der Waals surface area (Å²) in [4.78, 5) is 12.0. The Labute approximate surface area is 120 Å². The largest absolute Gasteiger partial charge is 0.389 e. The van der Waals surface area contributed by atoms with E-state index in [0.717, 1.165) is 4.47 Å². The first kappa shape index (κ1) is 14.9. The summed E-state index contributed by atoms with van der Waals surface area (Å²) in [5.74, 6) is 0. The van der Waals surface area contributed by atoms with Gasteiger partial charge in [-0.3, -0.25) is 0 Å². The van der Waals surface area contributed by atoms with Crippen molar-refractivity contribution in [3.05, 3.63) is 28.2 Å². The Morgan fingerprint density at radius 1 is 1.39 bits per heavy atom. The number of nitrogens with one attached hydrogen (secondary N) is 2. The predicted octanol–water partition coefficient (Wildman–Crippen LogP) is 3.00. The van der Waals surface area contributed by atoms with Gasteiger partial charge in [-0.2, -0.15) is 0 Å². The van der Waals surface area contributed by atoms with Crippen molar-refractivity contribution in [1.82, 2.24) is 5.32 Å². The fourth-order valence-corrected chi connectivity index (χ4v) is 1.85. The number of urea groups is 1. The van der Waals surface area contributed by atoms with Crippen LogP contribution in [0.25, 0.3) is 0 Å². The van der Waals surface area contributed by atoms with Crippen LogP contribution < -0.4 is 16.4 Å². The summed E-state index contributed by atoms with van der Waals surface area (Å²) in [7, 11) is 0. The van der Waals surface area contributed by atoms with Crippen LogP contribution in [0.5, 0.6) is 0 Å². The molecule has 0 aromatic heterocycles. The molecule has 0 atom stereocenters. The van der Waals surface area contributed by atoms with Gasteiger partial charge in [0.15, 0.2) is 0 Å². The van der Waals surface area contributed by atoms with Crippen molar-refractivity contribution in [2.24, 2.45) is 5.73 Å². The summed E-state index contributed by atoms with van der Waals surface area (Å²) in [6.45, 7) is 5.72. The molecule has 0 aliphatic rings. The number of amides is 2. The van der Waals surface area contributed by atoms with Crippen LogP contribution in [-0.4, -0.2) is 16.6 Å². The number of nitrogens with two attached hydrogens (primary N) is 1. The van der Waals surface area contributed by atoms with E-state index in [2.05, 4.69) is 26.6 Å². The van der Waals surface area contributed by atoms with E-state index >= 15 is 0 Å². The Morgan fingerprint density at radius 3 is 2.50 bits per heavy atom. The maximum atomic E-state index is 11.8. The first-order valence-corrected chi connectivity index (χ1v) is 6.58. The normalized spacial score (nSPS) is 10.9. The van der Waals surface area contributed by atoms with Gasteiger partial charge in [-0.25, -0.2) is 4.79 Å². The third-order valence-corrected chi connectivity index (χ3v) is 2.70. The van der Waals surface area contributed by atoms with Gasteiger partial charge in [0.1, 0.15) is 4.99 Å². The van der Waals surface area contributed by atoms with Crippen molar-refractivity contribution < 1.29 is 4.79 Å². The quantitative estimate of drug-likeness (QED) is 0.730. The predicted molar refractivity (Wildman–Crippen MR) is 81.9 cm³/mol. The summed E-state index contributed by atoms with van der Waals surface area (Å²) in [5.41, 5.74) is 6.54. The van der Waals surface area contributed by atoms with Crippen LogP contribution in [0.3, 0.4) is 0 Å². The van der Waals surface area contributed by atoms with E-state index in [1.54, 1.807) is 12.1 Å². The Bertz CT molecular complexity index is 483. The minimum Gasteiger partial charge on any atom is -0.389 e. The molecule has 1 rings (SSSR count). The molecule has 4 N–H and O–H groups in total. The Morgan fingerprint density at radius 2 is 2.00 bits per heavy atom. The average molecular weight is 330 g/mol. The lowest BCUT2D eigenvalue weighted by atomic mass is 10.1. The third kappa shape index (κ3) is 4.62. The van der Waals surface area contributed by atoms with E-state index in [4.69, 9.17) is 18.0 Å². The second kappa shape index (κ2) is 5.67. The van der Waals surface area contributed by atoms with Gasteiger partial charge in [0, 0.05) is 15.6 Å². The molecule has 0 aliphatic carbocycles. The first-order valence-electron chi connectivity index (χ1n) is 5.37. The van der Waals surface area contributed by atoms with Crippen LogP contribution in [0.4, 0.5) is 10.5 Å². The van der Waals surface area contributed by atoms with E-state index in [1.807, 2.05) is 26.8 Å². The zero-order chi connectivity index (χ0) is 13.9. The van der Waals surface area contributed by atoms with Crippen molar-refractivity contribution in [2.75, 3.05) is 5.32 Å². The number of rotatable bonds is 2. The van der Waals surface area contributed by atoms with Crippen LogP contribution in [0.2, 0.25) is 0 Å². The minimum atomic E-state index is -0.303. The zero-order valence-electron chi connectivity index (χ0n) is 10.5. The van der Waals surface area contributed by atoms with Crippen molar-refractivity contribution in [1.29, 1.82) is 0 Å². The van der Waals surface area contributed by atoms with E-state index in [0.29, 0.717) is 11.3 Å². The highest BCUT2D eigenvalue weighted by atomic mass is 79.9. The number of anilines is 1. The van der Waals surface area contributed by atoms with Gasteiger partial charge in [0.2, 0.25) is 0 Å². The molecule has 0 fully saturated rings. The van der Waals surface area contributed by atoms with E-state index in [9.17, 15) is 4.79 Å². The summed E-state index contributed by atoms with van der Waals surface area (Å²) in [5, 5.41) is 5.54. The molecule has 6 heteroatoms. The van der Waals surface area contributed by atoms with Gasteiger partial charge in [-0.15, -0.1) is 0 Å². The highest BCUT2D eigenvalue weighted by Crippen LogP contribution is 2.21. The van der Waals surface area contributed by atoms with Crippen LogP contribution in [-0.2, 0) is 0 Å². The Kier molecular flexibility index (Phi) is 4.70. The molecule has 1 aromatic rings. The van der Waals surface area contributed by atoms with Crippen molar-refractivity contribution in [3.63, 3.8) is 0 Å². The molecule has 2 amide bonds. The second-order valence-corrected chi connectivity index (χ2v) is 6.24. The van der Waals surface area contributed by atoms with Crippen molar-refractivity contribution in [3.8, 4) is 0 Å². The molecular weight excluding hydrogens is 314 g/mol. The summed E-state index contributed by atoms with van der Waals surface area (Å²) >= 11 is 8.29. The SMILES string of the molecule is CC(C)(C)NC(=O)Nc1ccc(Br)cc1C(N)=S. The second-order valence-electron chi connectivity index (χ2n) is 4.88. The molecule has 4 nitrogen and oxygen atoms in total. The molecule has 18 heavy (non-hydrogen) atoms. The van der Waals surface area contributed by atoms with Gasteiger partial charge < -0.3 is 16.4 Å². The molecule has 0 heterocycles. The number of halogens is 1. The van der Waals surface area contributed by atoms with Crippen LogP contribution in [0.1, 0.15) is 26.3 Å². The molecule has 1 aromatic carbocycles. The molecule has 0 aliphatic heterocycles. The maximum absolute atomic E-state index is 11.8. The number of hydrogen-bond acceptors (Lipinski definition) is 2. The zero-order valence-corrected chi connectivity index (χ0v) is 12.9. The average Bonchev–Trinajstić information content (AvgIpc) is 2.17. The Balaban J connectivity index is 2.91. The number of benzene rings is 1. The monoisotopic (exact) mass is 329 g/mol. The van der Waals surface area contributed by atoms with Gasteiger partial charge >= 0.3 is 6.03 Å². The molecule has 98 valence electrons. The van der Waals surface area contributed by atoms with Crippen LogP contribution in [0, 0.1) is 0 Å². The molecule has 0 unspecified atom stereocenters. The molecule has 0 bridgehead atoms. The smallest absolute Gasteiger partial charge is 0.319 e. The van der Waals surface area contributed by atoms with Gasteiger partial charge in [-0.1, -0.05) is 28.1 Å². The van der Waals surface area contributed by atoms with E-state index in [-0.39, 0.29) is 16.6 Å². The van der Waals surface area contributed by atoms with Crippen LogP contribution in [0.15, 0.2) is 22.7 Å². The van der Waals surface area contributed by atoms with Gasteiger partial charge in [-0.05, 0) is 39.0 Å². The number of thiocarbonyl (C=S) groups is 1. The van der Waals surface area contributed by atoms with Gasteiger partial charge in [0.25, 0.3) is 0 Å². The van der Waals surface area contributed by atoms with Crippen molar-refractivity contribution in [2.45, 2.75) is 26.3 Å². The van der Waals surface area contributed by atoms with E-state index < -0.39 is 0 Å². The summed E-state index contributed by atoms with van der Waals surface area (Å²) in [6.07, 6.45) is 0. The van der Waals surface area contributed by atoms with Crippen molar-refractivity contribution >= 4 is 44.9 Å². The standard InChI is InChI=1S/C12H16BrN3OS/c1-12(2,3)16-11(17)15-9-5-4-7(13)6-8(9)10(14)18/h4-6H,1-3H3,(H2,14,18)(H2,15,16,17). The van der Waals surface area contributed by atoms with Gasteiger partial charge in [0.05, 0.1) is 5.69 Å². The molecule has 0 radical (unpaired) electrons.